The lowest BCUT2D eigenvalue weighted by molar-refractivity contribution is -0.437. The Balaban J connectivity index is 2.00. The van der Waals surface area contributed by atoms with E-state index < -0.39 is 33.2 Å². The number of allylic oxidation sites excluding steroid dienone is 12. The van der Waals surface area contributed by atoms with Crippen LogP contribution in [0.5, 0.6) is 0 Å². The van der Waals surface area contributed by atoms with Crippen molar-refractivity contribution in [1.29, 1.82) is 0 Å². The number of fused-ring (bicyclic) bond motifs is 1. The van der Waals surface area contributed by atoms with Gasteiger partial charge in [-0.2, -0.15) is 4.58 Å². The van der Waals surface area contributed by atoms with E-state index in [-0.39, 0.29) is 23.8 Å². The predicted molar refractivity (Wildman–Crippen MR) is 198 cm³/mol. The van der Waals surface area contributed by atoms with Crippen molar-refractivity contribution in [3.63, 3.8) is 0 Å². The molecule has 0 saturated heterocycles. The molecular weight excluding hydrogens is 725 g/mol. The van der Waals surface area contributed by atoms with Gasteiger partial charge in [0, 0.05) is 44.3 Å². The number of nitrogens with zero attached hydrogens (tertiary/aromatic N) is 1. The number of carbonyl (C=O) groups is 1. The average Bonchev–Trinajstić information content (AvgIpc) is 3.17. The molecule has 0 spiro atoms. The molecule has 0 radical (unpaired) electrons. The van der Waals surface area contributed by atoms with Gasteiger partial charge in [0.15, 0.2) is 5.71 Å². The number of benzene rings is 1. The molecule has 0 aliphatic carbocycles. The molecule has 2 unspecified atom stereocenters. The van der Waals surface area contributed by atoms with Gasteiger partial charge in [-0.25, -0.2) is 8.42 Å². The van der Waals surface area contributed by atoms with E-state index in [1.807, 2.05) is 79.2 Å². The first-order chi connectivity index (χ1) is 21.8. The van der Waals surface area contributed by atoms with Gasteiger partial charge in [-0.1, -0.05) is 97.8 Å². The van der Waals surface area contributed by atoms with Crippen molar-refractivity contribution in [2.24, 2.45) is 16.7 Å². The molecule has 0 amide bonds. The monoisotopic (exact) mass is 775 g/mol. The van der Waals surface area contributed by atoms with Gasteiger partial charge in [0.1, 0.15) is 18.1 Å². The SMILES string of the molecule is CCCCC(C(=O)O)C1(C)C(/C=C/C=C/C=C/C=C2C=C(C(C)(C)C)OC(C(C)(C)C)=C2)=[N+](CCCS(=O)(=O)[O-])c2ccc(I)cc21. The van der Waals surface area contributed by atoms with Crippen LogP contribution in [0.2, 0.25) is 0 Å². The molecular formula is C38H50INO6S. The molecule has 1 N–H and O–H groups in total. The summed E-state index contributed by atoms with van der Waals surface area (Å²) in [5, 5.41) is 10.5. The summed E-state index contributed by atoms with van der Waals surface area (Å²) >= 11 is 2.23. The fourth-order valence-corrected chi connectivity index (χ4v) is 6.88. The zero-order valence-corrected chi connectivity index (χ0v) is 31.9. The number of hydrogen-bond acceptors (Lipinski definition) is 5. The topological polar surface area (TPSA) is 107 Å². The molecule has 47 heavy (non-hydrogen) atoms. The molecule has 0 bridgehead atoms. The normalized spacial score (nSPS) is 19.7. The number of aliphatic carboxylic acids is 1. The Morgan fingerprint density at radius 2 is 1.62 bits per heavy atom. The summed E-state index contributed by atoms with van der Waals surface area (Å²) in [5.74, 6) is -0.204. The number of halogens is 1. The molecule has 2 aliphatic heterocycles. The Labute approximate surface area is 295 Å². The Morgan fingerprint density at radius 1 is 1.02 bits per heavy atom. The lowest BCUT2D eigenvalue weighted by atomic mass is 9.67. The number of carboxylic acid groups (broad SMARTS) is 1. The van der Waals surface area contributed by atoms with Crippen molar-refractivity contribution in [2.45, 2.75) is 86.5 Å². The molecule has 7 nitrogen and oxygen atoms in total. The summed E-state index contributed by atoms with van der Waals surface area (Å²) in [5.41, 5.74) is 2.45. The molecule has 0 aromatic heterocycles. The van der Waals surface area contributed by atoms with Crippen LogP contribution in [0, 0.1) is 20.3 Å². The fourth-order valence-electron chi connectivity index (χ4n) is 5.91. The van der Waals surface area contributed by atoms with Gasteiger partial charge in [0.25, 0.3) is 0 Å². The van der Waals surface area contributed by atoms with Crippen LogP contribution in [0.1, 0.15) is 86.6 Å². The number of hydrogen-bond donors (Lipinski definition) is 1. The van der Waals surface area contributed by atoms with Crippen molar-refractivity contribution < 1.29 is 32.2 Å². The number of carboxylic acids is 1. The van der Waals surface area contributed by atoms with Gasteiger partial charge in [-0.15, -0.1) is 0 Å². The summed E-state index contributed by atoms with van der Waals surface area (Å²) in [7, 11) is -4.38. The second-order valence-electron chi connectivity index (χ2n) is 14.5. The van der Waals surface area contributed by atoms with Crippen LogP contribution in [0.15, 0.2) is 90.0 Å². The van der Waals surface area contributed by atoms with E-state index in [1.165, 1.54) is 0 Å². The molecule has 1 aromatic rings. The van der Waals surface area contributed by atoms with Gasteiger partial charge in [-0.05, 0) is 65.8 Å². The van der Waals surface area contributed by atoms with Crippen LogP contribution in [-0.4, -0.2) is 46.6 Å². The van der Waals surface area contributed by atoms with Crippen LogP contribution in [0.3, 0.4) is 0 Å². The maximum atomic E-state index is 12.8. The quantitative estimate of drug-likeness (QED) is 0.0929. The predicted octanol–water partition coefficient (Wildman–Crippen LogP) is 8.96. The smallest absolute Gasteiger partial charge is 0.307 e. The third kappa shape index (κ3) is 10.1. The molecule has 0 saturated carbocycles. The third-order valence-corrected chi connectivity index (χ3v) is 9.99. The molecule has 1 aromatic carbocycles. The number of rotatable bonds is 13. The lowest BCUT2D eigenvalue weighted by Gasteiger charge is -2.32. The van der Waals surface area contributed by atoms with E-state index in [4.69, 9.17) is 4.74 Å². The summed E-state index contributed by atoms with van der Waals surface area (Å²) in [6.07, 6.45) is 20.0. The van der Waals surface area contributed by atoms with Crippen LogP contribution in [0.25, 0.3) is 0 Å². The number of ether oxygens (including phenoxy) is 1. The first kappa shape index (κ1) is 38.7. The summed E-state index contributed by atoms with van der Waals surface area (Å²) in [6.45, 7) is 17.1. The van der Waals surface area contributed by atoms with E-state index >= 15 is 0 Å². The van der Waals surface area contributed by atoms with Gasteiger partial charge in [0.2, 0.25) is 5.69 Å². The second-order valence-corrected chi connectivity index (χ2v) is 17.2. The lowest BCUT2D eigenvalue weighted by Crippen LogP contribution is -2.43. The van der Waals surface area contributed by atoms with Crippen LogP contribution in [0.4, 0.5) is 5.69 Å². The summed E-state index contributed by atoms with van der Waals surface area (Å²) < 4.78 is 43.5. The molecule has 2 atom stereocenters. The molecule has 2 aliphatic rings. The van der Waals surface area contributed by atoms with Crippen molar-refractivity contribution in [2.75, 3.05) is 12.3 Å². The average molecular weight is 776 g/mol. The van der Waals surface area contributed by atoms with E-state index in [0.29, 0.717) is 6.42 Å². The van der Waals surface area contributed by atoms with Crippen LogP contribution < -0.4 is 0 Å². The summed E-state index contributed by atoms with van der Waals surface area (Å²) in [6, 6.07) is 5.95. The Hall–Kier alpha value is -2.76. The van der Waals surface area contributed by atoms with Crippen molar-refractivity contribution in [3.8, 4) is 0 Å². The Morgan fingerprint density at radius 3 is 2.17 bits per heavy atom. The molecule has 256 valence electrons. The van der Waals surface area contributed by atoms with Gasteiger partial charge in [0.05, 0.1) is 21.5 Å². The van der Waals surface area contributed by atoms with Crippen molar-refractivity contribution >= 4 is 50.1 Å². The first-order valence-corrected chi connectivity index (χ1v) is 18.9. The summed E-state index contributed by atoms with van der Waals surface area (Å²) in [4.78, 5) is 12.8. The van der Waals surface area contributed by atoms with Gasteiger partial charge >= 0.3 is 5.97 Å². The highest BCUT2D eigenvalue weighted by Crippen LogP contribution is 2.47. The van der Waals surface area contributed by atoms with Crippen LogP contribution >= 0.6 is 22.6 Å². The zero-order valence-electron chi connectivity index (χ0n) is 29.0. The first-order valence-electron chi connectivity index (χ1n) is 16.2. The molecule has 2 heterocycles. The van der Waals surface area contributed by atoms with Gasteiger partial charge < -0.3 is 14.4 Å². The second kappa shape index (κ2) is 15.6. The van der Waals surface area contributed by atoms with E-state index in [9.17, 15) is 22.9 Å². The van der Waals surface area contributed by atoms with Gasteiger partial charge in [-0.3, -0.25) is 4.79 Å². The molecule has 9 heteroatoms. The highest BCUT2D eigenvalue weighted by atomic mass is 127. The van der Waals surface area contributed by atoms with E-state index in [0.717, 1.165) is 50.5 Å². The van der Waals surface area contributed by atoms with Crippen LogP contribution in [-0.2, 0) is 25.1 Å². The molecule has 3 rings (SSSR count). The van der Waals surface area contributed by atoms with Crippen molar-refractivity contribution in [1.82, 2.24) is 0 Å². The minimum Gasteiger partial charge on any atom is -0.748 e. The van der Waals surface area contributed by atoms with E-state index in [1.54, 1.807) is 0 Å². The Kier molecular flexibility index (Phi) is 12.9. The molecule has 0 fully saturated rings. The maximum Gasteiger partial charge on any atom is 0.307 e. The minimum atomic E-state index is -4.38. The highest BCUT2D eigenvalue weighted by Gasteiger charge is 2.54. The fraction of sp³-hybridized carbons (Fsp3) is 0.474. The standard InChI is InChI=1S/C38H50INO6S/c1-9-10-18-29(35(41)42)38(8)30-26-28(39)20-21-31(30)40(22-16-23-47(43,44)45)32(38)19-15-13-11-12-14-17-27-24-33(36(2,3)4)46-34(25-27)37(5,6)7/h11-15,17,19-21,24-26,29H,9-10,16,18,22-23H2,1-8H3,(H-,41,42,43,44,45)/b13-11+,14-12+,19-15+. The Bertz CT molecular complexity index is 1630. The third-order valence-electron chi connectivity index (χ3n) is 8.53. The van der Waals surface area contributed by atoms with Crippen molar-refractivity contribution in [3.05, 3.63) is 99.1 Å². The van der Waals surface area contributed by atoms with E-state index in [2.05, 4.69) is 76.3 Å². The zero-order chi connectivity index (χ0) is 35.2. The number of unbranched alkanes of at least 4 members (excludes halogenated alkanes) is 1. The minimum absolute atomic E-state index is 0.129. The highest BCUT2D eigenvalue weighted by molar-refractivity contribution is 14.1. The maximum absolute atomic E-state index is 12.8. The largest absolute Gasteiger partial charge is 0.748 e.